The second-order valence-electron chi connectivity index (χ2n) is 1.88. The van der Waals surface area contributed by atoms with E-state index in [4.69, 9.17) is 11.6 Å². The summed E-state index contributed by atoms with van der Waals surface area (Å²) in [6, 6.07) is 3.55. The lowest BCUT2D eigenvalue weighted by Gasteiger charge is -1.92. The number of aromatic nitrogens is 1. The van der Waals surface area contributed by atoms with Crippen LogP contribution >= 0.6 is 11.6 Å². The molecule has 0 aliphatic carbocycles. The highest BCUT2D eigenvalue weighted by Gasteiger charge is 1.92. The molecule has 11 heavy (non-hydrogen) atoms. The molecule has 1 aromatic heterocycles. The predicted molar refractivity (Wildman–Crippen MR) is 44.3 cm³/mol. The summed E-state index contributed by atoms with van der Waals surface area (Å²) in [7, 11) is 0. The molecule has 0 aliphatic rings. The lowest BCUT2D eigenvalue weighted by Crippen LogP contribution is -1.78. The standard InChI is InChI=1S/C8H6ClNO/c9-8-7(4-2-6-11)3-1-5-10-8/h1-6H. The number of halogens is 1. The third-order valence-electron chi connectivity index (χ3n) is 1.14. The number of hydrogen-bond acceptors (Lipinski definition) is 2. The van der Waals surface area contributed by atoms with Gasteiger partial charge in [0.15, 0.2) is 0 Å². The summed E-state index contributed by atoms with van der Waals surface area (Å²) >= 11 is 5.68. The van der Waals surface area contributed by atoms with E-state index < -0.39 is 0 Å². The molecule has 2 nitrogen and oxygen atoms in total. The van der Waals surface area contributed by atoms with Crippen molar-refractivity contribution in [2.24, 2.45) is 0 Å². The second kappa shape index (κ2) is 3.88. The van der Waals surface area contributed by atoms with E-state index in [2.05, 4.69) is 4.98 Å². The van der Waals surface area contributed by atoms with Crippen LogP contribution in [-0.4, -0.2) is 11.3 Å². The Kier molecular flexibility index (Phi) is 2.81. The van der Waals surface area contributed by atoms with Crippen molar-refractivity contribution in [3.8, 4) is 0 Å². The maximum atomic E-state index is 9.94. The number of hydrogen-bond donors (Lipinski definition) is 0. The van der Waals surface area contributed by atoms with Crippen LogP contribution in [0.4, 0.5) is 0 Å². The topological polar surface area (TPSA) is 30.0 Å². The molecule has 1 aromatic rings. The van der Waals surface area contributed by atoms with Gasteiger partial charge in [-0.1, -0.05) is 17.7 Å². The summed E-state index contributed by atoms with van der Waals surface area (Å²) in [5.74, 6) is 0. The number of carbonyl (C=O) groups excluding carboxylic acids is 1. The first-order valence-electron chi connectivity index (χ1n) is 3.07. The maximum absolute atomic E-state index is 9.94. The third kappa shape index (κ3) is 2.16. The minimum Gasteiger partial charge on any atom is -0.299 e. The van der Waals surface area contributed by atoms with Crippen molar-refractivity contribution < 1.29 is 4.79 Å². The number of carbonyl (C=O) groups is 1. The molecule has 0 atom stereocenters. The SMILES string of the molecule is O=CC=Cc1cccnc1Cl. The van der Waals surface area contributed by atoms with Crippen molar-refractivity contribution in [2.75, 3.05) is 0 Å². The molecule has 0 radical (unpaired) electrons. The molecule has 3 heteroatoms. The van der Waals surface area contributed by atoms with Gasteiger partial charge in [0, 0.05) is 11.8 Å². The molecule has 1 heterocycles. The van der Waals surface area contributed by atoms with E-state index in [1.54, 1.807) is 24.4 Å². The Morgan fingerprint density at radius 2 is 2.36 bits per heavy atom. The van der Waals surface area contributed by atoms with Gasteiger partial charge in [0.1, 0.15) is 11.4 Å². The smallest absolute Gasteiger partial charge is 0.142 e. The molecule has 1 rings (SSSR count). The zero-order valence-electron chi connectivity index (χ0n) is 5.70. The van der Waals surface area contributed by atoms with E-state index in [9.17, 15) is 4.79 Å². The highest BCUT2D eigenvalue weighted by molar-refractivity contribution is 6.30. The van der Waals surface area contributed by atoms with Crippen LogP contribution < -0.4 is 0 Å². The first-order valence-corrected chi connectivity index (χ1v) is 3.45. The Labute approximate surface area is 69.5 Å². The third-order valence-corrected chi connectivity index (χ3v) is 1.46. The van der Waals surface area contributed by atoms with Gasteiger partial charge in [-0.2, -0.15) is 0 Å². The van der Waals surface area contributed by atoms with Crippen LogP contribution in [0.3, 0.4) is 0 Å². The summed E-state index contributed by atoms with van der Waals surface area (Å²) in [6.45, 7) is 0. The first kappa shape index (κ1) is 7.95. The van der Waals surface area contributed by atoms with Gasteiger partial charge < -0.3 is 0 Å². The molecule has 0 spiro atoms. The van der Waals surface area contributed by atoms with Crippen LogP contribution in [0.15, 0.2) is 24.4 Å². The Morgan fingerprint density at radius 3 is 3.00 bits per heavy atom. The molecule has 0 aromatic carbocycles. The van der Waals surface area contributed by atoms with Gasteiger partial charge >= 0.3 is 0 Å². The summed E-state index contributed by atoms with van der Waals surface area (Å²) in [6.07, 6.45) is 5.29. The van der Waals surface area contributed by atoms with E-state index in [0.717, 1.165) is 5.56 Å². The van der Waals surface area contributed by atoms with Crippen molar-refractivity contribution in [3.05, 3.63) is 35.1 Å². The van der Waals surface area contributed by atoms with Gasteiger partial charge in [-0.15, -0.1) is 0 Å². The summed E-state index contributed by atoms with van der Waals surface area (Å²) in [5.41, 5.74) is 0.751. The minimum atomic E-state index is 0.408. The molecular formula is C8H6ClNO. The van der Waals surface area contributed by atoms with Gasteiger partial charge in [-0.3, -0.25) is 4.79 Å². The summed E-state index contributed by atoms with van der Waals surface area (Å²) in [4.78, 5) is 13.8. The number of allylic oxidation sites excluding steroid dienone is 1. The maximum Gasteiger partial charge on any atom is 0.142 e. The zero-order chi connectivity index (χ0) is 8.10. The van der Waals surface area contributed by atoms with Gasteiger partial charge in [-0.05, 0) is 18.2 Å². The van der Waals surface area contributed by atoms with E-state index in [-0.39, 0.29) is 0 Å². The number of aldehydes is 1. The van der Waals surface area contributed by atoms with Crippen LogP contribution in [0.25, 0.3) is 6.08 Å². The van der Waals surface area contributed by atoms with Crippen LogP contribution in [0.1, 0.15) is 5.56 Å². The Bertz CT molecular complexity index is 283. The number of nitrogens with zero attached hydrogens (tertiary/aromatic N) is 1. The highest BCUT2D eigenvalue weighted by atomic mass is 35.5. The van der Waals surface area contributed by atoms with Gasteiger partial charge in [-0.25, -0.2) is 4.98 Å². The number of rotatable bonds is 2. The lowest BCUT2D eigenvalue weighted by molar-refractivity contribution is -0.104. The van der Waals surface area contributed by atoms with Crippen LogP contribution in [0.5, 0.6) is 0 Å². The first-order chi connectivity index (χ1) is 5.34. The average molecular weight is 168 g/mol. The van der Waals surface area contributed by atoms with Crippen LogP contribution in [-0.2, 0) is 4.79 Å². The molecule has 56 valence electrons. The van der Waals surface area contributed by atoms with E-state index in [1.807, 2.05) is 0 Å². The van der Waals surface area contributed by atoms with E-state index in [1.165, 1.54) is 6.08 Å². The molecule has 0 saturated carbocycles. The fourth-order valence-corrected chi connectivity index (χ4v) is 0.848. The summed E-state index contributed by atoms with van der Waals surface area (Å²) < 4.78 is 0. The summed E-state index contributed by atoms with van der Waals surface area (Å²) in [5, 5.41) is 0.408. The normalized spacial score (nSPS) is 10.3. The molecule has 0 unspecified atom stereocenters. The molecule has 0 aliphatic heterocycles. The molecule has 0 N–H and O–H groups in total. The van der Waals surface area contributed by atoms with Crippen molar-refractivity contribution >= 4 is 24.0 Å². The van der Waals surface area contributed by atoms with Gasteiger partial charge in [0.2, 0.25) is 0 Å². The lowest BCUT2D eigenvalue weighted by atomic mass is 10.3. The highest BCUT2D eigenvalue weighted by Crippen LogP contribution is 2.12. The van der Waals surface area contributed by atoms with Gasteiger partial charge in [0.05, 0.1) is 0 Å². The predicted octanol–water partition coefficient (Wildman–Crippen LogP) is 1.95. The largest absolute Gasteiger partial charge is 0.299 e. The molecule has 0 saturated heterocycles. The fraction of sp³-hybridized carbons (Fsp3) is 0. The zero-order valence-corrected chi connectivity index (χ0v) is 6.45. The Balaban J connectivity index is 2.94. The quantitative estimate of drug-likeness (QED) is 0.383. The van der Waals surface area contributed by atoms with Crippen molar-refractivity contribution in [1.29, 1.82) is 0 Å². The minimum absolute atomic E-state index is 0.408. The Hall–Kier alpha value is -1.15. The van der Waals surface area contributed by atoms with Crippen LogP contribution in [0, 0.1) is 0 Å². The van der Waals surface area contributed by atoms with Crippen molar-refractivity contribution in [2.45, 2.75) is 0 Å². The van der Waals surface area contributed by atoms with E-state index >= 15 is 0 Å². The van der Waals surface area contributed by atoms with Crippen molar-refractivity contribution in [1.82, 2.24) is 4.98 Å². The van der Waals surface area contributed by atoms with Crippen molar-refractivity contribution in [3.63, 3.8) is 0 Å². The number of pyridine rings is 1. The molecule has 0 amide bonds. The van der Waals surface area contributed by atoms with E-state index in [0.29, 0.717) is 11.4 Å². The molecular weight excluding hydrogens is 162 g/mol. The average Bonchev–Trinajstić information content (AvgIpc) is 2.03. The molecule has 0 bridgehead atoms. The van der Waals surface area contributed by atoms with Gasteiger partial charge in [0.25, 0.3) is 0 Å². The Morgan fingerprint density at radius 1 is 1.55 bits per heavy atom. The molecule has 0 fully saturated rings. The monoisotopic (exact) mass is 167 g/mol. The fourth-order valence-electron chi connectivity index (χ4n) is 0.666. The van der Waals surface area contributed by atoms with Crippen LogP contribution in [0.2, 0.25) is 5.15 Å². The second-order valence-corrected chi connectivity index (χ2v) is 2.24.